The van der Waals surface area contributed by atoms with Gasteiger partial charge in [-0.15, -0.1) is 0 Å². The summed E-state index contributed by atoms with van der Waals surface area (Å²) in [7, 11) is 0. The van der Waals surface area contributed by atoms with Crippen LogP contribution in [0.1, 0.15) is 39.0 Å². The number of aromatic amines is 2. The van der Waals surface area contributed by atoms with Crippen LogP contribution in [0.15, 0.2) is 11.2 Å². The second-order valence-corrected chi connectivity index (χ2v) is 6.89. The second kappa shape index (κ2) is 11.1. The number of carboxylic acid groups (broad SMARTS) is 1. The number of hydrogen-bond acceptors (Lipinski definition) is 7. The lowest BCUT2D eigenvalue weighted by molar-refractivity contribution is -0.138. The van der Waals surface area contributed by atoms with Gasteiger partial charge in [0.2, 0.25) is 5.95 Å². The van der Waals surface area contributed by atoms with Crippen LogP contribution in [0.4, 0.5) is 10.7 Å². The van der Waals surface area contributed by atoms with Crippen LogP contribution in [0.5, 0.6) is 0 Å². The number of imidazole rings is 1. The highest BCUT2D eigenvalue weighted by atomic mass is 32.1. The van der Waals surface area contributed by atoms with Crippen molar-refractivity contribution in [2.45, 2.75) is 45.1 Å². The van der Waals surface area contributed by atoms with E-state index in [1.165, 1.54) is 6.20 Å². The van der Waals surface area contributed by atoms with Crippen molar-refractivity contribution in [2.75, 3.05) is 18.1 Å². The van der Waals surface area contributed by atoms with Crippen LogP contribution in [0.25, 0.3) is 11.2 Å². The topological polar surface area (TPSA) is 189 Å². The molecule has 2 rings (SSSR count). The SMILES string of the molecule is CCCCCOC(=O)N(c1nc2[nH]c(=S)ncc2[nH]1)[C@H](CCCN=C(N)N)C(=O)O. The van der Waals surface area contributed by atoms with Gasteiger partial charge in [0.1, 0.15) is 11.6 Å². The number of aliphatic imine (C=N–C) groups is 1. The molecule has 0 saturated heterocycles. The molecule has 0 fully saturated rings. The summed E-state index contributed by atoms with van der Waals surface area (Å²) in [5, 5.41) is 9.78. The number of amides is 1. The summed E-state index contributed by atoms with van der Waals surface area (Å²) in [4.78, 5) is 43.5. The van der Waals surface area contributed by atoms with Crippen LogP contribution in [0.2, 0.25) is 0 Å². The van der Waals surface area contributed by atoms with Gasteiger partial charge in [0, 0.05) is 6.54 Å². The van der Waals surface area contributed by atoms with E-state index in [4.69, 9.17) is 28.4 Å². The predicted molar refractivity (Wildman–Crippen MR) is 114 cm³/mol. The van der Waals surface area contributed by atoms with Gasteiger partial charge in [-0.2, -0.15) is 4.98 Å². The Labute approximate surface area is 177 Å². The number of guanidine groups is 1. The molecule has 0 radical (unpaired) electrons. The third-order valence-corrected chi connectivity index (χ3v) is 4.39. The normalized spacial score (nSPS) is 11.8. The molecule has 0 aliphatic rings. The van der Waals surface area contributed by atoms with E-state index in [1.54, 1.807) is 0 Å². The Balaban J connectivity index is 2.31. The summed E-state index contributed by atoms with van der Waals surface area (Å²) in [6.07, 6.45) is 3.58. The molecule has 12 nitrogen and oxygen atoms in total. The second-order valence-electron chi connectivity index (χ2n) is 6.51. The number of nitrogens with one attached hydrogen (secondary N) is 2. The van der Waals surface area contributed by atoms with Gasteiger partial charge in [0.05, 0.1) is 12.8 Å². The third kappa shape index (κ3) is 6.40. The molecule has 0 aliphatic heterocycles. The van der Waals surface area contributed by atoms with E-state index in [0.717, 1.165) is 17.7 Å². The smallest absolute Gasteiger partial charge is 0.417 e. The highest BCUT2D eigenvalue weighted by Gasteiger charge is 2.34. The Morgan fingerprint density at radius 3 is 2.77 bits per heavy atom. The molecule has 2 aromatic heterocycles. The van der Waals surface area contributed by atoms with Crippen LogP contribution in [0, 0.1) is 4.77 Å². The molecule has 164 valence electrons. The molecular weight excluding hydrogens is 412 g/mol. The first-order chi connectivity index (χ1) is 14.3. The lowest BCUT2D eigenvalue weighted by Gasteiger charge is -2.26. The number of unbranched alkanes of at least 4 members (excludes halogenated alkanes) is 2. The van der Waals surface area contributed by atoms with Crippen molar-refractivity contribution in [3.05, 3.63) is 11.0 Å². The Kier molecular flexibility index (Phi) is 8.53. The minimum atomic E-state index is -1.24. The molecule has 0 bridgehead atoms. The largest absolute Gasteiger partial charge is 0.480 e. The standard InChI is InChI=1S/C17H26N8O4S/c1-2-3-4-8-29-17(28)25(11(13(26)27)6-5-7-20-14(18)19)15-22-10-9-21-16(30)24-12(10)23-15/h9,11H,2-8H2,1H3,(H,26,27)(H4,18,19,20)(H2,21,22,23,24,30)/t11-/m1/s1. The van der Waals surface area contributed by atoms with E-state index in [1.807, 2.05) is 6.92 Å². The molecule has 30 heavy (non-hydrogen) atoms. The minimum Gasteiger partial charge on any atom is -0.480 e. The van der Waals surface area contributed by atoms with Crippen molar-refractivity contribution >= 4 is 47.4 Å². The van der Waals surface area contributed by atoms with E-state index >= 15 is 0 Å². The number of carbonyl (C=O) groups is 2. The van der Waals surface area contributed by atoms with Gasteiger partial charge in [0.15, 0.2) is 16.4 Å². The highest BCUT2D eigenvalue weighted by molar-refractivity contribution is 7.71. The Bertz CT molecular complexity index is 953. The number of fused-ring (bicyclic) bond motifs is 1. The first kappa shape index (κ1) is 23.1. The molecule has 7 N–H and O–H groups in total. The van der Waals surface area contributed by atoms with Gasteiger partial charge in [0.25, 0.3) is 0 Å². The van der Waals surface area contributed by atoms with Crippen LogP contribution in [-0.2, 0) is 9.53 Å². The number of aliphatic carboxylic acids is 1. The summed E-state index contributed by atoms with van der Waals surface area (Å²) in [5.41, 5.74) is 11.4. The average molecular weight is 439 g/mol. The number of rotatable bonds is 11. The Morgan fingerprint density at radius 2 is 2.10 bits per heavy atom. The number of nitrogens with two attached hydrogens (primary N) is 2. The molecule has 0 spiro atoms. The first-order valence-electron chi connectivity index (χ1n) is 9.52. The van der Waals surface area contributed by atoms with Gasteiger partial charge >= 0.3 is 12.1 Å². The summed E-state index contributed by atoms with van der Waals surface area (Å²) >= 11 is 4.98. The third-order valence-electron chi connectivity index (χ3n) is 4.18. The number of ether oxygens (including phenoxy) is 1. The van der Waals surface area contributed by atoms with Crippen molar-refractivity contribution < 1.29 is 19.4 Å². The van der Waals surface area contributed by atoms with Crippen LogP contribution < -0.4 is 16.4 Å². The van der Waals surface area contributed by atoms with Crippen molar-refractivity contribution in [3.63, 3.8) is 0 Å². The van der Waals surface area contributed by atoms with Crippen molar-refractivity contribution in [1.29, 1.82) is 0 Å². The zero-order valence-electron chi connectivity index (χ0n) is 16.6. The molecular formula is C17H26N8O4S. The summed E-state index contributed by atoms with van der Waals surface area (Å²) < 4.78 is 5.52. The summed E-state index contributed by atoms with van der Waals surface area (Å²) in [5.74, 6) is -1.29. The number of anilines is 1. The fraction of sp³-hybridized carbons (Fsp3) is 0.529. The van der Waals surface area contributed by atoms with Crippen LogP contribution in [0.3, 0.4) is 0 Å². The molecule has 1 amide bonds. The Morgan fingerprint density at radius 1 is 1.33 bits per heavy atom. The number of hydrogen-bond donors (Lipinski definition) is 5. The van der Waals surface area contributed by atoms with Crippen molar-refractivity contribution in [2.24, 2.45) is 16.5 Å². The van der Waals surface area contributed by atoms with Gasteiger partial charge < -0.3 is 31.3 Å². The molecule has 2 heterocycles. The minimum absolute atomic E-state index is 0.0124. The number of carboxylic acids is 1. The predicted octanol–water partition coefficient (Wildman–Crippen LogP) is 1.66. The molecule has 2 aromatic rings. The van der Waals surface area contributed by atoms with E-state index in [2.05, 4.69) is 24.9 Å². The number of H-pyrrole nitrogens is 2. The van der Waals surface area contributed by atoms with Crippen LogP contribution >= 0.6 is 12.2 Å². The Hall–Kier alpha value is -3.22. The molecule has 1 atom stereocenters. The van der Waals surface area contributed by atoms with E-state index in [-0.39, 0.29) is 36.3 Å². The van der Waals surface area contributed by atoms with Gasteiger partial charge in [-0.25, -0.2) is 19.5 Å². The highest BCUT2D eigenvalue weighted by Crippen LogP contribution is 2.21. The lowest BCUT2D eigenvalue weighted by atomic mass is 10.1. The van der Waals surface area contributed by atoms with Gasteiger partial charge in [-0.3, -0.25) is 4.99 Å². The van der Waals surface area contributed by atoms with Crippen molar-refractivity contribution in [3.8, 4) is 0 Å². The summed E-state index contributed by atoms with van der Waals surface area (Å²) in [6, 6.07) is -1.24. The van der Waals surface area contributed by atoms with Gasteiger partial charge in [-0.1, -0.05) is 19.8 Å². The molecule has 0 aliphatic carbocycles. The monoisotopic (exact) mass is 438 g/mol. The molecule has 13 heteroatoms. The van der Waals surface area contributed by atoms with E-state index in [9.17, 15) is 14.7 Å². The lowest BCUT2D eigenvalue weighted by Crippen LogP contribution is -2.46. The fourth-order valence-corrected chi connectivity index (χ4v) is 2.88. The first-order valence-corrected chi connectivity index (χ1v) is 9.93. The maximum Gasteiger partial charge on any atom is 0.417 e. The number of carbonyl (C=O) groups excluding carboxylic acids is 1. The molecule has 0 saturated carbocycles. The van der Waals surface area contributed by atoms with Gasteiger partial charge in [-0.05, 0) is 31.5 Å². The van der Waals surface area contributed by atoms with Crippen LogP contribution in [-0.4, -0.2) is 62.3 Å². The zero-order chi connectivity index (χ0) is 22.1. The van der Waals surface area contributed by atoms with E-state index in [0.29, 0.717) is 24.0 Å². The fourth-order valence-electron chi connectivity index (χ4n) is 2.73. The molecule has 0 aromatic carbocycles. The quantitative estimate of drug-likeness (QED) is 0.150. The number of nitrogens with zero attached hydrogens (tertiary/aromatic N) is 4. The van der Waals surface area contributed by atoms with Crippen molar-refractivity contribution in [1.82, 2.24) is 19.9 Å². The maximum atomic E-state index is 12.8. The van der Waals surface area contributed by atoms with E-state index < -0.39 is 18.1 Å². The summed E-state index contributed by atoms with van der Waals surface area (Å²) in [6.45, 7) is 2.42. The number of aromatic nitrogens is 4. The zero-order valence-corrected chi connectivity index (χ0v) is 17.4. The average Bonchev–Trinajstić information content (AvgIpc) is 3.09. The molecule has 0 unspecified atom stereocenters. The maximum absolute atomic E-state index is 12.8.